The van der Waals surface area contributed by atoms with Crippen LogP contribution in [0.2, 0.25) is 0 Å². The van der Waals surface area contributed by atoms with Crippen LogP contribution in [0.4, 0.5) is 10.5 Å². The monoisotopic (exact) mass is 439 g/mol. The van der Waals surface area contributed by atoms with Crippen LogP contribution in [-0.2, 0) is 9.53 Å². The third kappa shape index (κ3) is 5.84. The average molecular weight is 440 g/mol. The number of pyridine rings is 1. The number of ether oxygens (including phenoxy) is 1. The van der Waals surface area contributed by atoms with E-state index in [0.29, 0.717) is 36.2 Å². The summed E-state index contributed by atoms with van der Waals surface area (Å²) in [6, 6.07) is 7.88. The number of carbonyl (C=O) groups is 3. The van der Waals surface area contributed by atoms with Gasteiger partial charge >= 0.3 is 12.1 Å². The SMILES string of the molecule is C[C@@H]1CCC[C@H](NC(=O)OC(C)(C)C)c2cc(ccn2)-c2ccc(C(=O)O)cc2NC1=O. The largest absolute Gasteiger partial charge is 0.478 e. The highest BCUT2D eigenvalue weighted by atomic mass is 16.6. The molecule has 0 saturated carbocycles. The van der Waals surface area contributed by atoms with Gasteiger partial charge in [-0.15, -0.1) is 0 Å². The molecule has 0 radical (unpaired) electrons. The lowest BCUT2D eigenvalue weighted by molar-refractivity contribution is -0.119. The standard InChI is InChI=1S/C24H29N3O5/c1-14-6-5-7-18(27-23(31)32-24(2,3)4)20-12-15(10-11-25-20)17-9-8-16(22(29)30)13-19(17)26-21(14)28/h8-14,18H,5-7H2,1-4H3,(H,26,28)(H,27,31)(H,29,30)/t14-,18+/m1/s1. The molecule has 0 unspecified atom stereocenters. The van der Waals surface area contributed by atoms with Crippen molar-refractivity contribution in [2.24, 2.45) is 5.92 Å². The van der Waals surface area contributed by atoms with Crippen LogP contribution in [0.5, 0.6) is 0 Å². The summed E-state index contributed by atoms with van der Waals surface area (Å²) in [6.07, 6.45) is 2.99. The highest BCUT2D eigenvalue weighted by molar-refractivity contribution is 5.99. The normalized spacial score (nSPS) is 18.9. The molecule has 170 valence electrons. The first-order valence-corrected chi connectivity index (χ1v) is 10.7. The minimum absolute atomic E-state index is 0.0857. The number of carboxylic acids is 1. The van der Waals surface area contributed by atoms with Crippen LogP contribution in [0.1, 0.15) is 69.1 Å². The Bertz CT molecular complexity index is 1030. The number of aromatic carboxylic acids is 1. The molecule has 32 heavy (non-hydrogen) atoms. The Morgan fingerprint density at radius 3 is 2.62 bits per heavy atom. The molecule has 1 aliphatic rings. The zero-order valence-corrected chi connectivity index (χ0v) is 18.8. The molecule has 1 aliphatic heterocycles. The molecule has 1 aromatic carbocycles. The van der Waals surface area contributed by atoms with E-state index in [0.717, 1.165) is 5.56 Å². The number of nitrogens with zero attached hydrogens (tertiary/aromatic N) is 1. The Morgan fingerprint density at radius 2 is 1.94 bits per heavy atom. The van der Waals surface area contributed by atoms with Crippen molar-refractivity contribution in [3.8, 4) is 11.1 Å². The molecule has 1 aromatic heterocycles. The molecule has 0 spiro atoms. The Balaban J connectivity index is 2.04. The molecule has 8 nitrogen and oxygen atoms in total. The molecule has 0 fully saturated rings. The van der Waals surface area contributed by atoms with Gasteiger partial charge in [-0.25, -0.2) is 9.59 Å². The lowest BCUT2D eigenvalue weighted by Crippen LogP contribution is -2.35. The van der Waals surface area contributed by atoms with Crippen molar-refractivity contribution >= 4 is 23.7 Å². The Kier molecular flexibility index (Phi) is 6.81. The molecule has 2 atom stereocenters. The third-order valence-electron chi connectivity index (χ3n) is 5.24. The van der Waals surface area contributed by atoms with Crippen molar-refractivity contribution in [3.05, 3.63) is 47.8 Å². The predicted octanol–water partition coefficient (Wildman–Crippen LogP) is 4.77. The van der Waals surface area contributed by atoms with E-state index < -0.39 is 17.7 Å². The summed E-state index contributed by atoms with van der Waals surface area (Å²) in [5.41, 5.74) is 1.99. The summed E-state index contributed by atoms with van der Waals surface area (Å²) in [5, 5.41) is 15.2. The quantitative estimate of drug-likeness (QED) is 0.620. The molecule has 3 rings (SSSR count). The maximum atomic E-state index is 12.8. The van der Waals surface area contributed by atoms with Crippen LogP contribution in [-0.4, -0.2) is 33.7 Å². The molecule has 0 aliphatic carbocycles. The topological polar surface area (TPSA) is 118 Å². The van der Waals surface area contributed by atoms with E-state index in [1.807, 2.05) is 13.0 Å². The summed E-state index contributed by atoms with van der Waals surface area (Å²) in [6.45, 7) is 7.23. The number of amides is 2. The smallest absolute Gasteiger partial charge is 0.408 e. The number of benzene rings is 1. The molecular formula is C24H29N3O5. The second kappa shape index (κ2) is 9.38. The maximum absolute atomic E-state index is 12.8. The van der Waals surface area contributed by atoms with Crippen molar-refractivity contribution < 1.29 is 24.2 Å². The van der Waals surface area contributed by atoms with Crippen LogP contribution < -0.4 is 10.6 Å². The van der Waals surface area contributed by atoms with E-state index in [-0.39, 0.29) is 23.4 Å². The van der Waals surface area contributed by atoms with Crippen LogP contribution in [0.25, 0.3) is 11.1 Å². The van der Waals surface area contributed by atoms with Crippen molar-refractivity contribution in [2.45, 2.75) is 58.6 Å². The Labute approximate surface area is 187 Å². The van der Waals surface area contributed by atoms with E-state index in [2.05, 4.69) is 15.6 Å². The zero-order chi connectivity index (χ0) is 23.5. The number of carboxylic acid groups (broad SMARTS) is 1. The van der Waals surface area contributed by atoms with E-state index in [1.54, 1.807) is 39.1 Å². The molecule has 0 saturated heterocycles. The van der Waals surface area contributed by atoms with Crippen LogP contribution in [0.15, 0.2) is 36.5 Å². The Hall–Kier alpha value is -3.42. The van der Waals surface area contributed by atoms with Gasteiger partial charge in [-0.3, -0.25) is 9.78 Å². The number of hydrogen-bond donors (Lipinski definition) is 3. The van der Waals surface area contributed by atoms with Gasteiger partial charge in [0.25, 0.3) is 0 Å². The number of nitrogens with one attached hydrogen (secondary N) is 2. The number of anilines is 1. The lowest BCUT2D eigenvalue weighted by Gasteiger charge is -2.25. The summed E-state index contributed by atoms with van der Waals surface area (Å²) < 4.78 is 5.42. The third-order valence-corrected chi connectivity index (χ3v) is 5.24. The fourth-order valence-electron chi connectivity index (χ4n) is 3.60. The summed E-state index contributed by atoms with van der Waals surface area (Å²) >= 11 is 0. The second-order valence-corrected chi connectivity index (χ2v) is 9.05. The van der Waals surface area contributed by atoms with Crippen LogP contribution >= 0.6 is 0 Å². The number of hydrogen-bond acceptors (Lipinski definition) is 5. The summed E-state index contributed by atoms with van der Waals surface area (Å²) in [7, 11) is 0. The van der Waals surface area contributed by atoms with Gasteiger partial charge in [-0.05, 0) is 63.4 Å². The number of carbonyl (C=O) groups excluding carboxylic acids is 2. The number of fused-ring (bicyclic) bond motifs is 4. The molecule has 3 N–H and O–H groups in total. The number of alkyl carbamates (subject to hydrolysis) is 1. The van der Waals surface area contributed by atoms with Gasteiger partial charge in [0, 0.05) is 23.4 Å². The molecular weight excluding hydrogens is 410 g/mol. The molecule has 2 amide bonds. The number of aromatic nitrogens is 1. The summed E-state index contributed by atoms with van der Waals surface area (Å²) in [4.78, 5) is 41.1. The van der Waals surface area contributed by atoms with Crippen molar-refractivity contribution in [3.63, 3.8) is 0 Å². The second-order valence-electron chi connectivity index (χ2n) is 9.05. The molecule has 2 bridgehead atoms. The first-order chi connectivity index (χ1) is 15.0. The molecule has 8 heteroatoms. The van der Waals surface area contributed by atoms with Gasteiger partial charge in [-0.1, -0.05) is 19.4 Å². The minimum atomic E-state index is -1.07. The highest BCUT2D eigenvalue weighted by Crippen LogP contribution is 2.32. The maximum Gasteiger partial charge on any atom is 0.408 e. The number of rotatable bonds is 2. The first kappa shape index (κ1) is 23.2. The highest BCUT2D eigenvalue weighted by Gasteiger charge is 2.24. The molecule has 2 aromatic rings. The predicted molar refractivity (Wildman–Crippen MR) is 120 cm³/mol. The first-order valence-electron chi connectivity index (χ1n) is 10.7. The van der Waals surface area contributed by atoms with E-state index >= 15 is 0 Å². The van der Waals surface area contributed by atoms with Crippen molar-refractivity contribution in [1.82, 2.24) is 10.3 Å². The fraction of sp³-hybridized carbons (Fsp3) is 0.417. The van der Waals surface area contributed by atoms with Gasteiger partial charge in [-0.2, -0.15) is 0 Å². The zero-order valence-electron chi connectivity index (χ0n) is 18.8. The van der Waals surface area contributed by atoms with Crippen molar-refractivity contribution in [2.75, 3.05) is 5.32 Å². The Morgan fingerprint density at radius 1 is 1.19 bits per heavy atom. The van der Waals surface area contributed by atoms with Crippen LogP contribution in [0, 0.1) is 5.92 Å². The minimum Gasteiger partial charge on any atom is -0.478 e. The van der Waals surface area contributed by atoms with Crippen LogP contribution in [0.3, 0.4) is 0 Å². The van der Waals surface area contributed by atoms with E-state index in [1.165, 1.54) is 12.1 Å². The van der Waals surface area contributed by atoms with E-state index in [9.17, 15) is 19.5 Å². The van der Waals surface area contributed by atoms with Crippen molar-refractivity contribution in [1.29, 1.82) is 0 Å². The fourth-order valence-corrected chi connectivity index (χ4v) is 3.60. The van der Waals surface area contributed by atoms with E-state index in [4.69, 9.17) is 4.74 Å². The van der Waals surface area contributed by atoms with Gasteiger partial charge in [0.1, 0.15) is 5.60 Å². The van der Waals surface area contributed by atoms with Gasteiger partial charge in [0.05, 0.1) is 17.3 Å². The summed E-state index contributed by atoms with van der Waals surface area (Å²) in [5.74, 6) is -1.54. The van der Waals surface area contributed by atoms with Gasteiger partial charge in [0.15, 0.2) is 0 Å². The molecule has 2 heterocycles. The lowest BCUT2D eigenvalue weighted by atomic mass is 9.95. The van der Waals surface area contributed by atoms with Gasteiger partial charge in [0.2, 0.25) is 5.91 Å². The average Bonchev–Trinajstić information content (AvgIpc) is 2.71. The van der Waals surface area contributed by atoms with Gasteiger partial charge < -0.3 is 20.5 Å².